The molecule has 0 aliphatic carbocycles. The summed E-state index contributed by atoms with van der Waals surface area (Å²) < 4.78 is 6.57. The van der Waals surface area contributed by atoms with Gasteiger partial charge in [-0.3, -0.25) is 4.79 Å². The highest BCUT2D eigenvalue weighted by Crippen LogP contribution is 2.29. The summed E-state index contributed by atoms with van der Waals surface area (Å²) in [6.45, 7) is 4.12. The lowest BCUT2D eigenvalue weighted by atomic mass is 10.3. The molecule has 1 saturated heterocycles. The van der Waals surface area contributed by atoms with E-state index in [2.05, 4.69) is 21.0 Å². The molecular formula is C17H16N6O2S2. The van der Waals surface area contributed by atoms with Gasteiger partial charge in [0.15, 0.2) is 5.89 Å². The lowest BCUT2D eigenvalue weighted by Gasteiger charge is -2.34. The van der Waals surface area contributed by atoms with Crippen molar-refractivity contribution in [3.05, 3.63) is 29.4 Å². The van der Waals surface area contributed by atoms with Crippen LogP contribution in [0.4, 0.5) is 5.88 Å². The number of amides is 1. The molecule has 3 aromatic rings. The van der Waals surface area contributed by atoms with Crippen LogP contribution in [-0.2, 0) is 4.79 Å². The summed E-state index contributed by atoms with van der Waals surface area (Å²) in [6, 6.07) is 4.01. The predicted molar refractivity (Wildman–Crippen MR) is 103 cm³/mol. The first-order chi connectivity index (χ1) is 13.2. The number of rotatable bonds is 4. The van der Waals surface area contributed by atoms with Gasteiger partial charge in [-0.2, -0.15) is 5.26 Å². The van der Waals surface area contributed by atoms with Crippen molar-refractivity contribution in [3.8, 4) is 6.07 Å². The van der Waals surface area contributed by atoms with Crippen LogP contribution in [0.15, 0.2) is 27.2 Å². The molecule has 0 saturated carbocycles. The van der Waals surface area contributed by atoms with E-state index >= 15 is 0 Å². The van der Waals surface area contributed by atoms with Crippen LogP contribution in [0.25, 0.3) is 10.2 Å². The van der Waals surface area contributed by atoms with Gasteiger partial charge in [0, 0.05) is 33.1 Å². The zero-order chi connectivity index (χ0) is 18.8. The Balaban J connectivity index is 1.35. The molecule has 4 rings (SSSR count). The predicted octanol–water partition coefficient (Wildman–Crippen LogP) is 2.30. The molecule has 0 unspecified atom stereocenters. The third-order valence-electron chi connectivity index (χ3n) is 4.28. The Hall–Kier alpha value is -2.64. The highest BCUT2D eigenvalue weighted by Gasteiger charge is 2.25. The number of aryl methyl sites for hydroxylation is 1. The fourth-order valence-corrected chi connectivity index (χ4v) is 4.80. The first-order valence-corrected chi connectivity index (χ1v) is 10.2. The van der Waals surface area contributed by atoms with Crippen LogP contribution in [0.5, 0.6) is 0 Å². The van der Waals surface area contributed by atoms with Crippen molar-refractivity contribution in [2.75, 3.05) is 36.8 Å². The second-order valence-corrected chi connectivity index (χ2v) is 7.85. The second-order valence-electron chi connectivity index (χ2n) is 5.97. The van der Waals surface area contributed by atoms with Gasteiger partial charge in [-0.15, -0.1) is 11.3 Å². The minimum atomic E-state index is 0.0808. The Bertz CT molecular complexity index is 1020. The monoisotopic (exact) mass is 400 g/mol. The van der Waals surface area contributed by atoms with Crippen LogP contribution < -0.4 is 4.90 Å². The van der Waals surface area contributed by atoms with Crippen LogP contribution in [0.1, 0.15) is 11.6 Å². The van der Waals surface area contributed by atoms with Crippen molar-refractivity contribution in [1.82, 2.24) is 19.9 Å². The number of anilines is 1. The maximum atomic E-state index is 12.6. The van der Waals surface area contributed by atoms with E-state index in [1.807, 2.05) is 21.2 Å². The van der Waals surface area contributed by atoms with Crippen LogP contribution in [0.2, 0.25) is 0 Å². The molecule has 0 bridgehead atoms. The van der Waals surface area contributed by atoms with E-state index in [1.54, 1.807) is 18.3 Å². The summed E-state index contributed by atoms with van der Waals surface area (Å²) in [5.41, 5.74) is 1.21. The number of thiophene rings is 1. The molecule has 4 heterocycles. The number of thioether (sulfide) groups is 1. The summed E-state index contributed by atoms with van der Waals surface area (Å²) in [5, 5.41) is 12.0. The molecule has 8 nitrogen and oxygen atoms in total. The Morgan fingerprint density at radius 1 is 1.37 bits per heavy atom. The summed E-state index contributed by atoms with van der Waals surface area (Å²) in [7, 11) is 0. The number of carbonyl (C=O) groups is 1. The number of carbonyl (C=O) groups excluding carboxylic acids is 1. The van der Waals surface area contributed by atoms with Gasteiger partial charge in [0.05, 0.1) is 16.0 Å². The highest BCUT2D eigenvalue weighted by atomic mass is 32.2. The third-order valence-corrected chi connectivity index (χ3v) is 6.30. The van der Waals surface area contributed by atoms with Gasteiger partial charge in [0.2, 0.25) is 17.5 Å². The zero-order valence-electron chi connectivity index (χ0n) is 14.6. The van der Waals surface area contributed by atoms with Crippen molar-refractivity contribution in [1.29, 1.82) is 5.26 Å². The van der Waals surface area contributed by atoms with E-state index in [-0.39, 0.29) is 5.91 Å². The molecule has 0 spiro atoms. The first-order valence-electron chi connectivity index (χ1n) is 8.37. The van der Waals surface area contributed by atoms with Crippen molar-refractivity contribution in [2.24, 2.45) is 0 Å². The van der Waals surface area contributed by atoms with Gasteiger partial charge < -0.3 is 14.2 Å². The number of oxazole rings is 1. The van der Waals surface area contributed by atoms with Gasteiger partial charge >= 0.3 is 0 Å². The molecule has 138 valence electrons. The third kappa shape index (κ3) is 3.61. The number of aromatic nitrogens is 3. The van der Waals surface area contributed by atoms with Crippen LogP contribution in [-0.4, -0.2) is 57.7 Å². The number of hydrogen-bond donors (Lipinski definition) is 0. The minimum Gasteiger partial charge on any atom is -0.424 e. The molecule has 0 atom stereocenters. The second kappa shape index (κ2) is 7.54. The minimum absolute atomic E-state index is 0.0808. The fraction of sp³-hybridized carbons (Fsp3) is 0.353. The van der Waals surface area contributed by atoms with E-state index in [9.17, 15) is 4.79 Å². The van der Waals surface area contributed by atoms with E-state index in [0.717, 1.165) is 15.2 Å². The number of hydrogen-bond acceptors (Lipinski definition) is 9. The average Bonchev–Trinajstić information content (AvgIpc) is 3.32. The lowest BCUT2D eigenvalue weighted by molar-refractivity contribution is -0.128. The SMILES string of the molecule is Cc1nc(C#N)c(N2CCN(C(=O)CSc3ncnc4ccsc34)CC2)o1. The highest BCUT2D eigenvalue weighted by molar-refractivity contribution is 8.00. The normalized spacial score (nSPS) is 14.5. The van der Waals surface area contributed by atoms with Crippen LogP contribution in [0.3, 0.4) is 0 Å². The van der Waals surface area contributed by atoms with Gasteiger partial charge in [-0.1, -0.05) is 11.8 Å². The maximum absolute atomic E-state index is 12.6. The van der Waals surface area contributed by atoms with Crippen molar-refractivity contribution < 1.29 is 9.21 Å². The Morgan fingerprint density at radius 2 is 2.19 bits per heavy atom. The van der Waals surface area contributed by atoms with Crippen LogP contribution >= 0.6 is 23.1 Å². The molecule has 1 aliphatic heterocycles. The number of piperazine rings is 1. The Labute approximate surface area is 163 Å². The van der Waals surface area contributed by atoms with E-state index < -0.39 is 0 Å². The summed E-state index contributed by atoms with van der Waals surface area (Å²) in [6.07, 6.45) is 1.53. The molecule has 0 N–H and O–H groups in total. The average molecular weight is 400 g/mol. The smallest absolute Gasteiger partial charge is 0.234 e. The van der Waals surface area contributed by atoms with Crippen LogP contribution in [0, 0.1) is 18.3 Å². The van der Waals surface area contributed by atoms with Gasteiger partial charge in [-0.05, 0) is 11.4 Å². The van der Waals surface area contributed by atoms with Gasteiger partial charge in [0.25, 0.3) is 0 Å². The van der Waals surface area contributed by atoms with Crippen molar-refractivity contribution in [3.63, 3.8) is 0 Å². The van der Waals surface area contributed by atoms with Crippen molar-refractivity contribution >= 4 is 45.1 Å². The van der Waals surface area contributed by atoms with Gasteiger partial charge in [-0.25, -0.2) is 15.0 Å². The Kier molecular flexibility index (Phi) is 4.96. The topological polar surface area (TPSA) is 99.2 Å². The quantitative estimate of drug-likeness (QED) is 0.486. The van der Waals surface area contributed by atoms with E-state index in [1.165, 1.54) is 18.1 Å². The van der Waals surface area contributed by atoms with E-state index in [0.29, 0.717) is 49.4 Å². The summed E-state index contributed by atoms with van der Waals surface area (Å²) in [5.74, 6) is 1.39. The molecular weight excluding hydrogens is 384 g/mol. The largest absolute Gasteiger partial charge is 0.424 e. The molecule has 0 aromatic carbocycles. The maximum Gasteiger partial charge on any atom is 0.234 e. The molecule has 1 fully saturated rings. The summed E-state index contributed by atoms with van der Waals surface area (Å²) >= 11 is 3.03. The molecule has 1 aliphatic rings. The zero-order valence-corrected chi connectivity index (χ0v) is 16.2. The van der Waals surface area contributed by atoms with Crippen molar-refractivity contribution in [2.45, 2.75) is 11.9 Å². The Morgan fingerprint density at radius 3 is 2.96 bits per heavy atom. The molecule has 10 heteroatoms. The molecule has 27 heavy (non-hydrogen) atoms. The van der Waals surface area contributed by atoms with E-state index in [4.69, 9.17) is 9.68 Å². The first kappa shape index (κ1) is 17.8. The number of nitrogens with zero attached hydrogens (tertiary/aromatic N) is 6. The lowest BCUT2D eigenvalue weighted by Crippen LogP contribution is -2.49. The standard InChI is InChI=1S/C17H16N6O2S2/c1-11-21-13(8-18)17(25-11)23-5-3-22(4-6-23)14(24)9-27-16-15-12(2-7-26-15)19-10-20-16/h2,7,10H,3-6,9H2,1H3. The summed E-state index contributed by atoms with van der Waals surface area (Å²) in [4.78, 5) is 29.0. The fourth-order valence-electron chi connectivity index (χ4n) is 2.95. The molecule has 1 amide bonds. The number of fused-ring (bicyclic) bond motifs is 1. The molecule has 3 aromatic heterocycles. The molecule has 0 radical (unpaired) electrons. The van der Waals surface area contributed by atoms with Gasteiger partial charge in [0.1, 0.15) is 17.4 Å². The number of nitriles is 1.